The molecular weight excluding hydrogens is 370 g/mol. The molecule has 3 rings (SSSR count). The first kappa shape index (κ1) is 19.8. The van der Waals surface area contributed by atoms with Gasteiger partial charge in [-0.1, -0.05) is 6.07 Å². The Bertz CT molecular complexity index is 1030. The molecule has 1 heterocycles. The zero-order valence-corrected chi connectivity index (χ0v) is 16.3. The molecule has 8 heteroatoms. The number of anilines is 4. The van der Waals surface area contributed by atoms with Gasteiger partial charge >= 0.3 is 0 Å². The molecule has 8 nitrogen and oxygen atoms in total. The SMILES string of the molecule is COc1ccc(NC(=O)c2cc(Nc3cccc(NC(C)=O)c3)nc(C)n2)cc1. The van der Waals surface area contributed by atoms with E-state index in [1.807, 2.05) is 6.07 Å². The topological polar surface area (TPSA) is 105 Å². The summed E-state index contributed by atoms with van der Waals surface area (Å²) in [5.74, 6) is 1.12. The van der Waals surface area contributed by atoms with Gasteiger partial charge in [0.1, 0.15) is 23.1 Å². The van der Waals surface area contributed by atoms with Gasteiger partial charge in [-0.2, -0.15) is 0 Å². The predicted octanol–water partition coefficient (Wildman–Crippen LogP) is 3.75. The highest BCUT2D eigenvalue weighted by atomic mass is 16.5. The van der Waals surface area contributed by atoms with Crippen molar-refractivity contribution in [3.05, 3.63) is 66.1 Å². The van der Waals surface area contributed by atoms with E-state index in [0.29, 0.717) is 28.8 Å². The van der Waals surface area contributed by atoms with Crippen LogP contribution in [0.4, 0.5) is 22.9 Å². The minimum atomic E-state index is -0.351. The molecule has 1 aromatic heterocycles. The third-order valence-corrected chi connectivity index (χ3v) is 3.87. The molecule has 2 aromatic carbocycles. The second kappa shape index (κ2) is 8.83. The molecule has 3 aromatic rings. The maximum atomic E-state index is 12.6. The molecule has 0 fully saturated rings. The summed E-state index contributed by atoms with van der Waals surface area (Å²) in [5, 5.41) is 8.65. The first-order chi connectivity index (χ1) is 13.9. The summed E-state index contributed by atoms with van der Waals surface area (Å²) in [6.45, 7) is 3.16. The van der Waals surface area contributed by atoms with Crippen LogP contribution >= 0.6 is 0 Å². The monoisotopic (exact) mass is 391 g/mol. The van der Waals surface area contributed by atoms with Gasteiger partial charge in [0.25, 0.3) is 5.91 Å². The van der Waals surface area contributed by atoms with Crippen molar-refractivity contribution in [2.45, 2.75) is 13.8 Å². The Balaban J connectivity index is 1.76. The number of hydrogen-bond acceptors (Lipinski definition) is 6. The van der Waals surface area contributed by atoms with Gasteiger partial charge in [-0.15, -0.1) is 0 Å². The second-order valence-electron chi connectivity index (χ2n) is 6.26. The lowest BCUT2D eigenvalue weighted by atomic mass is 10.2. The Hall–Kier alpha value is -3.94. The van der Waals surface area contributed by atoms with Crippen LogP contribution in [0.2, 0.25) is 0 Å². The van der Waals surface area contributed by atoms with Gasteiger partial charge in [0.2, 0.25) is 5.91 Å². The number of amides is 2. The summed E-state index contributed by atoms with van der Waals surface area (Å²) in [5.41, 5.74) is 2.24. The largest absolute Gasteiger partial charge is 0.497 e. The van der Waals surface area contributed by atoms with Crippen molar-refractivity contribution >= 4 is 34.7 Å². The van der Waals surface area contributed by atoms with Gasteiger partial charge in [0, 0.05) is 30.1 Å². The smallest absolute Gasteiger partial charge is 0.274 e. The average Bonchev–Trinajstić information content (AvgIpc) is 2.68. The number of carbonyl (C=O) groups is 2. The van der Waals surface area contributed by atoms with Gasteiger partial charge in [0.05, 0.1) is 7.11 Å². The van der Waals surface area contributed by atoms with Crippen molar-refractivity contribution in [1.29, 1.82) is 0 Å². The highest BCUT2D eigenvalue weighted by molar-refractivity contribution is 6.03. The molecule has 0 aliphatic carbocycles. The molecule has 2 amide bonds. The van der Waals surface area contributed by atoms with Gasteiger partial charge in [-0.3, -0.25) is 9.59 Å². The van der Waals surface area contributed by atoms with Crippen LogP contribution in [0.25, 0.3) is 0 Å². The maximum absolute atomic E-state index is 12.6. The van der Waals surface area contributed by atoms with E-state index >= 15 is 0 Å². The third kappa shape index (κ3) is 5.52. The molecular formula is C21H21N5O3. The van der Waals surface area contributed by atoms with Crippen LogP contribution in [0.5, 0.6) is 5.75 Å². The molecule has 3 N–H and O–H groups in total. The first-order valence-corrected chi connectivity index (χ1v) is 8.89. The Kier molecular flexibility index (Phi) is 6.03. The zero-order chi connectivity index (χ0) is 20.8. The van der Waals surface area contributed by atoms with E-state index in [1.165, 1.54) is 6.92 Å². The molecule has 0 atom stereocenters. The van der Waals surface area contributed by atoms with Crippen LogP contribution in [-0.2, 0) is 4.79 Å². The van der Waals surface area contributed by atoms with Crippen LogP contribution in [-0.4, -0.2) is 28.9 Å². The number of nitrogens with zero attached hydrogens (tertiary/aromatic N) is 2. The highest BCUT2D eigenvalue weighted by Gasteiger charge is 2.11. The Morgan fingerprint density at radius 3 is 2.31 bits per heavy atom. The lowest BCUT2D eigenvalue weighted by molar-refractivity contribution is -0.114. The van der Waals surface area contributed by atoms with Gasteiger partial charge in [-0.25, -0.2) is 9.97 Å². The van der Waals surface area contributed by atoms with E-state index in [2.05, 4.69) is 25.9 Å². The molecule has 0 saturated carbocycles. The molecule has 29 heavy (non-hydrogen) atoms. The average molecular weight is 391 g/mol. The summed E-state index contributed by atoms with van der Waals surface area (Å²) in [6.07, 6.45) is 0. The van der Waals surface area contributed by atoms with Crippen molar-refractivity contribution in [3.8, 4) is 5.75 Å². The molecule has 0 aliphatic rings. The standard InChI is InChI=1S/C21H21N5O3/c1-13-22-19(21(28)26-15-7-9-18(29-3)10-8-15)12-20(23-13)25-17-6-4-5-16(11-17)24-14(2)27/h4-12H,1-3H3,(H,24,27)(H,26,28)(H,22,23,25). The van der Waals surface area contributed by atoms with Crippen LogP contribution in [0, 0.1) is 6.92 Å². The Morgan fingerprint density at radius 1 is 0.897 bits per heavy atom. The van der Waals surface area contributed by atoms with E-state index in [-0.39, 0.29) is 17.5 Å². The molecule has 0 aliphatic heterocycles. The summed E-state index contributed by atoms with van der Waals surface area (Å²) in [4.78, 5) is 32.4. The lowest BCUT2D eigenvalue weighted by Crippen LogP contribution is -2.15. The number of aromatic nitrogens is 2. The van der Waals surface area contributed by atoms with E-state index < -0.39 is 0 Å². The van der Waals surface area contributed by atoms with Gasteiger partial charge < -0.3 is 20.7 Å². The molecule has 148 valence electrons. The number of rotatable bonds is 6. The number of methoxy groups -OCH3 is 1. The number of carbonyl (C=O) groups excluding carboxylic acids is 2. The normalized spacial score (nSPS) is 10.2. The number of nitrogens with one attached hydrogen (secondary N) is 3. The molecule has 0 saturated heterocycles. The molecule has 0 spiro atoms. The summed E-state index contributed by atoms with van der Waals surface area (Å²) in [7, 11) is 1.58. The Labute approximate surface area is 168 Å². The van der Waals surface area contributed by atoms with Crippen molar-refractivity contribution < 1.29 is 14.3 Å². The van der Waals surface area contributed by atoms with Crippen molar-refractivity contribution in [3.63, 3.8) is 0 Å². The fourth-order valence-electron chi connectivity index (χ4n) is 2.64. The van der Waals surface area contributed by atoms with E-state index in [9.17, 15) is 9.59 Å². The predicted molar refractivity (Wildman–Crippen MR) is 112 cm³/mol. The van der Waals surface area contributed by atoms with E-state index in [4.69, 9.17) is 4.74 Å². The number of benzene rings is 2. The summed E-state index contributed by atoms with van der Waals surface area (Å²) in [6, 6.07) is 15.8. The number of ether oxygens (including phenoxy) is 1. The number of hydrogen-bond donors (Lipinski definition) is 3. The Morgan fingerprint density at radius 2 is 1.62 bits per heavy atom. The zero-order valence-electron chi connectivity index (χ0n) is 16.3. The number of aryl methyl sites for hydroxylation is 1. The fourth-order valence-corrected chi connectivity index (χ4v) is 2.64. The third-order valence-electron chi connectivity index (χ3n) is 3.87. The quantitative estimate of drug-likeness (QED) is 0.591. The van der Waals surface area contributed by atoms with E-state index in [0.717, 1.165) is 5.69 Å². The molecule has 0 radical (unpaired) electrons. The van der Waals surface area contributed by atoms with Crippen LogP contribution in [0.3, 0.4) is 0 Å². The maximum Gasteiger partial charge on any atom is 0.274 e. The van der Waals surface area contributed by atoms with Crippen molar-refractivity contribution in [1.82, 2.24) is 9.97 Å². The summed E-state index contributed by atoms with van der Waals surface area (Å²) >= 11 is 0. The van der Waals surface area contributed by atoms with Crippen LogP contribution in [0.1, 0.15) is 23.2 Å². The minimum absolute atomic E-state index is 0.155. The van der Waals surface area contributed by atoms with Gasteiger partial charge in [-0.05, 0) is 49.4 Å². The molecule has 0 unspecified atom stereocenters. The van der Waals surface area contributed by atoms with E-state index in [1.54, 1.807) is 62.6 Å². The van der Waals surface area contributed by atoms with Gasteiger partial charge in [0.15, 0.2) is 0 Å². The van der Waals surface area contributed by atoms with Crippen molar-refractivity contribution in [2.24, 2.45) is 0 Å². The minimum Gasteiger partial charge on any atom is -0.497 e. The first-order valence-electron chi connectivity index (χ1n) is 8.89. The van der Waals surface area contributed by atoms with Crippen molar-refractivity contribution in [2.75, 3.05) is 23.1 Å². The van der Waals surface area contributed by atoms with Crippen LogP contribution < -0.4 is 20.7 Å². The second-order valence-corrected chi connectivity index (χ2v) is 6.26. The highest BCUT2D eigenvalue weighted by Crippen LogP contribution is 2.20. The fraction of sp³-hybridized carbons (Fsp3) is 0.143. The molecule has 0 bridgehead atoms. The lowest BCUT2D eigenvalue weighted by Gasteiger charge is -2.11. The van der Waals surface area contributed by atoms with Crippen LogP contribution in [0.15, 0.2) is 54.6 Å². The summed E-state index contributed by atoms with van der Waals surface area (Å²) < 4.78 is 5.11.